The standard InChI is InChI=1S/C18H13N3O/c22-15-5-3-12(4-6-15)17-11-21-18-16(17)8-14(10-20-18)13-2-1-7-19-9-13/h1-11,22H,(H,20,21). The molecule has 3 heterocycles. The first-order valence-corrected chi connectivity index (χ1v) is 6.98. The predicted molar refractivity (Wildman–Crippen MR) is 86.4 cm³/mol. The Morgan fingerprint density at radius 2 is 1.77 bits per heavy atom. The molecule has 0 aliphatic rings. The van der Waals surface area contributed by atoms with Gasteiger partial charge in [0, 0.05) is 46.9 Å². The Hall–Kier alpha value is -3.14. The average Bonchev–Trinajstić information content (AvgIpc) is 2.99. The summed E-state index contributed by atoms with van der Waals surface area (Å²) in [4.78, 5) is 11.8. The predicted octanol–water partition coefficient (Wildman–Crippen LogP) is 4.00. The highest BCUT2D eigenvalue weighted by Crippen LogP contribution is 2.31. The molecule has 106 valence electrons. The maximum absolute atomic E-state index is 9.43. The molecule has 4 nitrogen and oxygen atoms in total. The first kappa shape index (κ1) is 12.6. The number of nitrogens with one attached hydrogen (secondary N) is 1. The number of phenols is 1. The molecular formula is C18H13N3O. The zero-order chi connectivity index (χ0) is 14.9. The third-order valence-electron chi connectivity index (χ3n) is 3.70. The van der Waals surface area contributed by atoms with E-state index in [1.807, 2.05) is 42.9 Å². The highest BCUT2D eigenvalue weighted by molar-refractivity contribution is 5.95. The first-order chi connectivity index (χ1) is 10.8. The first-order valence-electron chi connectivity index (χ1n) is 6.98. The van der Waals surface area contributed by atoms with E-state index in [4.69, 9.17) is 0 Å². The molecule has 22 heavy (non-hydrogen) atoms. The monoisotopic (exact) mass is 287 g/mol. The molecule has 2 N–H and O–H groups in total. The van der Waals surface area contributed by atoms with E-state index in [1.165, 1.54) is 0 Å². The van der Waals surface area contributed by atoms with Crippen LogP contribution in [0, 0.1) is 0 Å². The fourth-order valence-corrected chi connectivity index (χ4v) is 2.57. The maximum atomic E-state index is 9.43. The van der Waals surface area contributed by atoms with Crippen molar-refractivity contribution in [3.05, 3.63) is 67.3 Å². The van der Waals surface area contributed by atoms with Crippen molar-refractivity contribution in [3.63, 3.8) is 0 Å². The summed E-state index contributed by atoms with van der Waals surface area (Å²) >= 11 is 0. The van der Waals surface area contributed by atoms with Gasteiger partial charge in [-0.05, 0) is 29.8 Å². The summed E-state index contributed by atoms with van der Waals surface area (Å²) in [5, 5.41) is 10.5. The number of aromatic amines is 1. The molecule has 0 bridgehead atoms. The van der Waals surface area contributed by atoms with Crippen molar-refractivity contribution in [2.75, 3.05) is 0 Å². The van der Waals surface area contributed by atoms with Gasteiger partial charge in [-0.15, -0.1) is 0 Å². The molecule has 4 rings (SSSR count). The fraction of sp³-hybridized carbons (Fsp3) is 0. The van der Waals surface area contributed by atoms with Gasteiger partial charge in [0.1, 0.15) is 11.4 Å². The Morgan fingerprint density at radius 1 is 0.909 bits per heavy atom. The van der Waals surface area contributed by atoms with E-state index in [2.05, 4.69) is 21.0 Å². The molecule has 0 amide bonds. The van der Waals surface area contributed by atoms with Crippen LogP contribution >= 0.6 is 0 Å². The number of rotatable bonds is 2. The van der Waals surface area contributed by atoms with Gasteiger partial charge in [-0.1, -0.05) is 18.2 Å². The molecule has 0 radical (unpaired) electrons. The van der Waals surface area contributed by atoms with Crippen LogP contribution in [0.1, 0.15) is 0 Å². The molecule has 0 spiro atoms. The third kappa shape index (κ3) is 2.11. The normalized spacial score (nSPS) is 10.9. The van der Waals surface area contributed by atoms with Crippen LogP contribution in [-0.4, -0.2) is 20.1 Å². The number of pyridine rings is 2. The number of benzene rings is 1. The van der Waals surface area contributed by atoms with Crippen molar-refractivity contribution >= 4 is 11.0 Å². The van der Waals surface area contributed by atoms with Crippen LogP contribution in [-0.2, 0) is 0 Å². The van der Waals surface area contributed by atoms with Gasteiger partial charge in [-0.2, -0.15) is 0 Å². The Bertz CT molecular complexity index is 928. The number of hydrogen-bond donors (Lipinski definition) is 2. The number of phenolic OH excluding ortho intramolecular Hbond substituents is 1. The van der Waals surface area contributed by atoms with E-state index in [0.29, 0.717) is 0 Å². The van der Waals surface area contributed by atoms with Crippen LogP contribution in [0.5, 0.6) is 5.75 Å². The van der Waals surface area contributed by atoms with Gasteiger partial charge in [0.05, 0.1) is 0 Å². The number of fused-ring (bicyclic) bond motifs is 1. The second-order valence-electron chi connectivity index (χ2n) is 5.11. The van der Waals surface area contributed by atoms with Gasteiger partial charge in [-0.25, -0.2) is 4.98 Å². The molecule has 0 saturated carbocycles. The second kappa shape index (κ2) is 5.00. The molecule has 0 unspecified atom stereocenters. The van der Waals surface area contributed by atoms with E-state index < -0.39 is 0 Å². The molecule has 1 aromatic carbocycles. The van der Waals surface area contributed by atoms with E-state index >= 15 is 0 Å². The lowest BCUT2D eigenvalue weighted by Crippen LogP contribution is -1.83. The van der Waals surface area contributed by atoms with Crippen LogP contribution in [0.3, 0.4) is 0 Å². The summed E-state index contributed by atoms with van der Waals surface area (Å²) < 4.78 is 0. The van der Waals surface area contributed by atoms with Gasteiger partial charge in [0.15, 0.2) is 0 Å². The molecular weight excluding hydrogens is 274 g/mol. The van der Waals surface area contributed by atoms with Gasteiger partial charge >= 0.3 is 0 Å². The SMILES string of the molecule is Oc1ccc(-c2c[nH]c3ncc(-c4cccnc4)cc23)cc1. The minimum Gasteiger partial charge on any atom is -0.508 e. The van der Waals surface area contributed by atoms with Crippen molar-refractivity contribution in [3.8, 4) is 28.0 Å². The van der Waals surface area contributed by atoms with Gasteiger partial charge in [0.2, 0.25) is 0 Å². The van der Waals surface area contributed by atoms with Crippen molar-refractivity contribution in [2.24, 2.45) is 0 Å². The van der Waals surface area contributed by atoms with Crippen molar-refractivity contribution in [1.82, 2.24) is 15.0 Å². The van der Waals surface area contributed by atoms with Crippen LogP contribution in [0.25, 0.3) is 33.3 Å². The van der Waals surface area contributed by atoms with E-state index in [9.17, 15) is 5.11 Å². The molecule has 0 aliphatic heterocycles. The minimum absolute atomic E-state index is 0.262. The Morgan fingerprint density at radius 3 is 2.55 bits per heavy atom. The number of H-pyrrole nitrogens is 1. The van der Waals surface area contributed by atoms with Crippen LogP contribution in [0.15, 0.2) is 67.3 Å². The smallest absolute Gasteiger partial charge is 0.137 e. The largest absolute Gasteiger partial charge is 0.508 e. The Kier molecular flexibility index (Phi) is 2.86. The Labute approximate surface area is 127 Å². The molecule has 0 saturated heterocycles. The van der Waals surface area contributed by atoms with E-state index in [0.717, 1.165) is 33.3 Å². The quantitative estimate of drug-likeness (QED) is 0.586. The number of aromatic nitrogens is 3. The lowest BCUT2D eigenvalue weighted by atomic mass is 10.0. The molecule has 0 atom stereocenters. The summed E-state index contributed by atoms with van der Waals surface area (Å²) in [5.74, 6) is 0.262. The van der Waals surface area contributed by atoms with Gasteiger partial charge in [-0.3, -0.25) is 4.98 Å². The summed E-state index contributed by atoms with van der Waals surface area (Å²) in [6, 6.07) is 13.2. The van der Waals surface area contributed by atoms with E-state index in [-0.39, 0.29) is 5.75 Å². The summed E-state index contributed by atoms with van der Waals surface area (Å²) in [6.07, 6.45) is 7.37. The molecule has 0 aliphatic carbocycles. The third-order valence-corrected chi connectivity index (χ3v) is 3.70. The van der Waals surface area contributed by atoms with Crippen molar-refractivity contribution in [1.29, 1.82) is 0 Å². The molecule has 4 heteroatoms. The summed E-state index contributed by atoms with van der Waals surface area (Å²) in [5.41, 5.74) is 5.01. The van der Waals surface area contributed by atoms with Crippen molar-refractivity contribution in [2.45, 2.75) is 0 Å². The average molecular weight is 287 g/mol. The van der Waals surface area contributed by atoms with Crippen LogP contribution in [0.4, 0.5) is 0 Å². The Balaban J connectivity index is 1.88. The van der Waals surface area contributed by atoms with E-state index in [1.54, 1.807) is 18.3 Å². The van der Waals surface area contributed by atoms with Crippen LogP contribution in [0.2, 0.25) is 0 Å². The summed E-state index contributed by atoms with van der Waals surface area (Å²) in [6.45, 7) is 0. The fourth-order valence-electron chi connectivity index (χ4n) is 2.57. The topological polar surface area (TPSA) is 61.8 Å². The molecule has 4 aromatic rings. The number of hydrogen-bond acceptors (Lipinski definition) is 3. The van der Waals surface area contributed by atoms with Gasteiger partial charge < -0.3 is 10.1 Å². The highest BCUT2D eigenvalue weighted by Gasteiger charge is 2.09. The molecule has 3 aromatic heterocycles. The zero-order valence-electron chi connectivity index (χ0n) is 11.7. The summed E-state index contributed by atoms with van der Waals surface area (Å²) in [7, 11) is 0. The van der Waals surface area contributed by atoms with Gasteiger partial charge in [0.25, 0.3) is 0 Å². The number of aromatic hydroxyl groups is 1. The second-order valence-corrected chi connectivity index (χ2v) is 5.11. The lowest BCUT2D eigenvalue weighted by Gasteiger charge is -2.03. The van der Waals surface area contributed by atoms with Crippen molar-refractivity contribution < 1.29 is 5.11 Å². The highest BCUT2D eigenvalue weighted by atomic mass is 16.3. The maximum Gasteiger partial charge on any atom is 0.137 e. The lowest BCUT2D eigenvalue weighted by molar-refractivity contribution is 0.475. The zero-order valence-corrected chi connectivity index (χ0v) is 11.7. The minimum atomic E-state index is 0.262. The number of nitrogens with zero attached hydrogens (tertiary/aromatic N) is 2. The van der Waals surface area contributed by atoms with Crippen LogP contribution < -0.4 is 0 Å². The molecule has 0 fully saturated rings.